The molecule has 1 fully saturated rings. The van der Waals surface area contributed by atoms with Crippen molar-refractivity contribution in [3.63, 3.8) is 0 Å². The van der Waals surface area contributed by atoms with E-state index in [2.05, 4.69) is 28.7 Å². The Kier molecular flexibility index (Phi) is 5.83. The fourth-order valence-corrected chi connectivity index (χ4v) is 3.91. The Morgan fingerprint density at radius 3 is 2.64 bits per heavy atom. The van der Waals surface area contributed by atoms with Crippen LogP contribution in [0.2, 0.25) is 0 Å². The quantitative estimate of drug-likeness (QED) is 0.832. The number of ether oxygens (including phenoxy) is 1. The van der Waals surface area contributed by atoms with Crippen LogP contribution in [-0.2, 0) is 14.8 Å². The van der Waals surface area contributed by atoms with Gasteiger partial charge in [-0.2, -0.15) is 0 Å². The minimum Gasteiger partial charge on any atom is -0.378 e. The van der Waals surface area contributed by atoms with Gasteiger partial charge >= 0.3 is 0 Å². The Hall–Kier alpha value is -1.11. The Balaban J connectivity index is 1.89. The maximum Gasteiger partial charge on any atom is 0.214 e. The van der Waals surface area contributed by atoms with E-state index in [0.29, 0.717) is 12.6 Å². The first-order valence-electron chi connectivity index (χ1n) is 7.80. The van der Waals surface area contributed by atoms with Crippen LogP contribution in [-0.4, -0.2) is 45.5 Å². The van der Waals surface area contributed by atoms with Crippen LogP contribution in [0.15, 0.2) is 30.3 Å². The zero-order valence-corrected chi connectivity index (χ0v) is 14.3. The molecule has 124 valence electrons. The minimum atomic E-state index is -3.29. The van der Waals surface area contributed by atoms with Crippen molar-refractivity contribution >= 4 is 15.7 Å². The normalized spacial score (nSPS) is 22.5. The summed E-state index contributed by atoms with van der Waals surface area (Å²) in [6.45, 7) is 6.86. The SMILES string of the molecule is CC(C)OCCS(=O)(=O)N[C@@H]1C[C@@H](C)N(c2ccccc2)C1. The van der Waals surface area contributed by atoms with Gasteiger partial charge in [0.25, 0.3) is 0 Å². The van der Waals surface area contributed by atoms with Crippen LogP contribution < -0.4 is 9.62 Å². The molecule has 0 radical (unpaired) electrons. The van der Waals surface area contributed by atoms with Crippen LogP contribution in [0, 0.1) is 0 Å². The summed E-state index contributed by atoms with van der Waals surface area (Å²) in [7, 11) is -3.29. The molecule has 0 saturated carbocycles. The van der Waals surface area contributed by atoms with Gasteiger partial charge in [-0.1, -0.05) is 18.2 Å². The first-order chi connectivity index (χ1) is 10.4. The van der Waals surface area contributed by atoms with Gasteiger partial charge in [0.15, 0.2) is 0 Å². The molecule has 0 unspecified atom stereocenters. The smallest absolute Gasteiger partial charge is 0.214 e. The van der Waals surface area contributed by atoms with Gasteiger partial charge in [0.2, 0.25) is 10.0 Å². The predicted molar refractivity (Wildman–Crippen MR) is 89.7 cm³/mol. The number of rotatable bonds is 7. The van der Waals surface area contributed by atoms with Crippen molar-refractivity contribution in [2.24, 2.45) is 0 Å². The van der Waals surface area contributed by atoms with E-state index in [-0.39, 0.29) is 24.5 Å². The molecule has 2 atom stereocenters. The molecule has 1 N–H and O–H groups in total. The van der Waals surface area contributed by atoms with Gasteiger partial charge in [0.05, 0.1) is 18.5 Å². The number of sulfonamides is 1. The number of nitrogens with zero attached hydrogens (tertiary/aromatic N) is 1. The van der Waals surface area contributed by atoms with E-state index in [1.165, 1.54) is 0 Å². The minimum absolute atomic E-state index is 0.0153. The number of anilines is 1. The zero-order chi connectivity index (χ0) is 16.2. The molecule has 1 aromatic carbocycles. The summed E-state index contributed by atoms with van der Waals surface area (Å²) in [6, 6.07) is 10.4. The standard InChI is InChI=1S/C16H26N2O3S/c1-13(2)21-9-10-22(19,20)17-15-11-14(3)18(12-15)16-7-5-4-6-8-16/h4-8,13-15,17H,9-12H2,1-3H3/t14-,15-/m1/s1. The van der Waals surface area contributed by atoms with Gasteiger partial charge in [-0.05, 0) is 39.3 Å². The van der Waals surface area contributed by atoms with E-state index in [1.807, 2.05) is 32.0 Å². The molecule has 1 aliphatic heterocycles. The predicted octanol–water partition coefficient (Wildman–Crippen LogP) is 2.00. The first kappa shape index (κ1) is 17.2. The van der Waals surface area contributed by atoms with Crippen LogP contribution in [0.25, 0.3) is 0 Å². The highest BCUT2D eigenvalue weighted by molar-refractivity contribution is 7.89. The Morgan fingerprint density at radius 2 is 2.00 bits per heavy atom. The second kappa shape index (κ2) is 7.44. The second-order valence-electron chi connectivity index (χ2n) is 6.13. The van der Waals surface area contributed by atoms with Crippen LogP contribution in [0.5, 0.6) is 0 Å². The average Bonchev–Trinajstić information content (AvgIpc) is 2.79. The van der Waals surface area contributed by atoms with E-state index in [4.69, 9.17) is 4.74 Å². The lowest BCUT2D eigenvalue weighted by Gasteiger charge is -2.23. The van der Waals surface area contributed by atoms with E-state index < -0.39 is 10.0 Å². The Bertz CT molecular complexity index is 560. The number of benzene rings is 1. The highest BCUT2D eigenvalue weighted by Gasteiger charge is 2.31. The van der Waals surface area contributed by atoms with Gasteiger partial charge in [-0.3, -0.25) is 0 Å². The summed E-state index contributed by atoms with van der Waals surface area (Å²) in [4.78, 5) is 2.25. The third kappa shape index (κ3) is 4.97. The molecule has 0 bridgehead atoms. The van der Waals surface area contributed by atoms with Crippen molar-refractivity contribution in [3.05, 3.63) is 30.3 Å². The average molecular weight is 326 g/mol. The van der Waals surface area contributed by atoms with Crippen molar-refractivity contribution in [2.45, 2.75) is 45.4 Å². The summed E-state index contributed by atoms with van der Waals surface area (Å²) in [5, 5.41) is 0. The fourth-order valence-electron chi connectivity index (χ4n) is 2.80. The lowest BCUT2D eigenvalue weighted by molar-refractivity contribution is 0.0911. The molecule has 1 aromatic rings. The van der Waals surface area contributed by atoms with Crippen molar-refractivity contribution in [1.29, 1.82) is 0 Å². The number of para-hydroxylation sites is 1. The number of hydrogen-bond acceptors (Lipinski definition) is 4. The molecule has 0 amide bonds. The molecule has 1 heterocycles. The van der Waals surface area contributed by atoms with Crippen LogP contribution in [0.3, 0.4) is 0 Å². The summed E-state index contributed by atoms with van der Waals surface area (Å²) < 4.78 is 32.4. The topological polar surface area (TPSA) is 58.6 Å². The third-order valence-corrected chi connectivity index (χ3v) is 5.21. The van der Waals surface area contributed by atoms with Crippen LogP contribution in [0.4, 0.5) is 5.69 Å². The maximum absolute atomic E-state index is 12.1. The van der Waals surface area contributed by atoms with Gasteiger partial charge in [-0.15, -0.1) is 0 Å². The number of nitrogens with one attached hydrogen (secondary N) is 1. The molecule has 1 aliphatic rings. The van der Waals surface area contributed by atoms with Crippen LogP contribution in [0.1, 0.15) is 27.2 Å². The summed E-state index contributed by atoms with van der Waals surface area (Å²) in [5.74, 6) is 0.0153. The highest BCUT2D eigenvalue weighted by Crippen LogP contribution is 2.25. The molecular weight excluding hydrogens is 300 g/mol. The van der Waals surface area contributed by atoms with E-state index in [9.17, 15) is 8.42 Å². The third-order valence-electron chi connectivity index (χ3n) is 3.81. The van der Waals surface area contributed by atoms with Crippen molar-refractivity contribution in [3.8, 4) is 0 Å². The molecule has 0 aliphatic carbocycles. The first-order valence-corrected chi connectivity index (χ1v) is 9.46. The van der Waals surface area contributed by atoms with E-state index in [1.54, 1.807) is 0 Å². The van der Waals surface area contributed by atoms with Gasteiger partial charge < -0.3 is 9.64 Å². The molecule has 0 aromatic heterocycles. The largest absolute Gasteiger partial charge is 0.378 e. The van der Waals surface area contributed by atoms with Gasteiger partial charge in [-0.25, -0.2) is 13.1 Å². The summed E-state index contributed by atoms with van der Waals surface area (Å²) >= 11 is 0. The monoisotopic (exact) mass is 326 g/mol. The summed E-state index contributed by atoms with van der Waals surface area (Å²) in [5.41, 5.74) is 1.14. The molecule has 2 rings (SSSR count). The van der Waals surface area contributed by atoms with Crippen molar-refractivity contribution in [1.82, 2.24) is 4.72 Å². The second-order valence-corrected chi connectivity index (χ2v) is 8.00. The lowest BCUT2D eigenvalue weighted by Crippen LogP contribution is -2.39. The highest BCUT2D eigenvalue weighted by atomic mass is 32.2. The Morgan fingerprint density at radius 1 is 1.32 bits per heavy atom. The van der Waals surface area contributed by atoms with Gasteiger partial charge in [0.1, 0.15) is 0 Å². The molecular formula is C16H26N2O3S. The molecule has 1 saturated heterocycles. The molecule has 0 spiro atoms. The maximum atomic E-state index is 12.1. The number of hydrogen-bond donors (Lipinski definition) is 1. The zero-order valence-electron chi connectivity index (χ0n) is 13.5. The van der Waals surface area contributed by atoms with Crippen LogP contribution >= 0.6 is 0 Å². The van der Waals surface area contributed by atoms with E-state index >= 15 is 0 Å². The Labute approximate surface area is 133 Å². The molecule has 22 heavy (non-hydrogen) atoms. The van der Waals surface area contributed by atoms with Crippen molar-refractivity contribution in [2.75, 3.05) is 23.8 Å². The fraction of sp³-hybridized carbons (Fsp3) is 0.625. The lowest BCUT2D eigenvalue weighted by atomic mass is 10.2. The molecule has 5 nitrogen and oxygen atoms in total. The molecule has 6 heteroatoms. The van der Waals surface area contributed by atoms with Crippen molar-refractivity contribution < 1.29 is 13.2 Å². The van der Waals surface area contributed by atoms with E-state index in [0.717, 1.165) is 12.1 Å². The van der Waals surface area contributed by atoms with Gasteiger partial charge in [0, 0.05) is 24.3 Å². The summed E-state index contributed by atoms with van der Waals surface area (Å²) in [6.07, 6.45) is 0.870.